The summed E-state index contributed by atoms with van der Waals surface area (Å²) in [6.07, 6.45) is -5.79. The van der Waals surface area contributed by atoms with Gasteiger partial charge in [-0.15, -0.1) is 0 Å². The molecule has 2 N–H and O–H groups in total. The van der Waals surface area contributed by atoms with Gasteiger partial charge in [0, 0.05) is 30.0 Å². The molecule has 2 rings (SSSR count). The molecule has 1 heterocycles. The van der Waals surface area contributed by atoms with Crippen molar-refractivity contribution in [2.24, 2.45) is 11.8 Å². The van der Waals surface area contributed by atoms with Crippen LogP contribution in [-0.4, -0.2) is 47.3 Å². The molecule has 1 aromatic rings. The predicted molar refractivity (Wildman–Crippen MR) is 98.3 cm³/mol. The molecule has 0 aliphatic carbocycles. The Morgan fingerprint density at radius 3 is 2.73 bits per heavy atom. The number of benzene rings is 1. The van der Waals surface area contributed by atoms with Gasteiger partial charge in [-0.2, -0.15) is 0 Å². The Morgan fingerprint density at radius 1 is 1.42 bits per heavy atom. The van der Waals surface area contributed by atoms with Crippen molar-refractivity contribution in [2.75, 3.05) is 13.6 Å². The van der Waals surface area contributed by atoms with Crippen LogP contribution in [0.5, 0.6) is 0 Å². The highest BCUT2D eigenvalue weighted by Gasteiger charge is 2.32. The number of amides is 2. The molecule has 0 saturated carbocycles. The van der Waals surface area contributed by atoms with E-state index >= 15 is 0 Å². The van der Waals surface area contributed by atoms with E-state index in [0.29, 0.717) is 0 Å². The summed E-state index contributed by atoms with van der Waals surface area (Å²) in [5.41, 5.74) is -0.940. The van der Waals surface area contributed by atoms with Crippen molar-refractivity contribution in [3.63, 3.8) is 0 Å². The van der Waals surface area contributed by atoms with E-state index in [2.05, 4.69) is 5.32 Å². The van der Waals surface area contributed by atoms with E-state index in [1.165, 1.54) is 20.9 Å². The van der Waals surface area contributed by atoms with Crippen molar-refractivity contribution in [1.82, 2.24) is 10.2 Å². The van der Waals surface area contributed by atoms with Gasteiger partial charge in [0.2, 0.25) is 11.8 Å². The number of nitrogens with zero attached hydrogens (tertiary/aromatic N) is 1. The van der Waals surface area contributed by atoms with E-state index in [9.17, 15) is 19.5 Å². The summed E-state index contributed by atoms with van der Waals surface area (Å²) in [5.74, 6) is -6.20. The number of nitrogens with one attached hydrogen (secondary N) is 1. The van der Waals surface area contributed by atoms with Crippen molar-refractivity contribution in [2.45, 2.75) is 45.7 Å². The molecule has 1 aliphatic rings. The Hall–Kier alpha value is -2.21. The number of hydrogen-bond donors (Lipinski definition) is 2. The Labute approximate surface area is 165 Å². The highest BCUT2D eigenvalue weighted by atomic mass is 16.3. The molecule has 0 spiro atoms. The van der Waals surface area contributed by atoms with Gasteiger partial charge in [0.1, 0.15) is 12.1 Å². The van der Waals surface area contributed by atoms with Gasteiger partial charge >= 0.3 is 0 Å². The fourth-order valence-electron chi connectivity index (χ4n) is 2.42. The SMILES string of the molecule is [2H]c1c([2H])c([2H])c2c(c1[2H])[C@H](NC(=O)[C@]([2H])(C)CC(=O)[C@@]([2H])(O)C(C)C)C(=O)N(C)CC2([2H])[2H]. The maximum absolute atomic E-state index is 13.1. The zero-order chi connectivity index (χ0) is 26.5. The number of rotatable bonds is 6. The van der Waals surface area contributed by atoms with E-state index in [1.807, 2.05) is 0 Å². The molecule has 142 valence electrons. The standard InChI is InChI=1S/C20H28N2O4/c1-12(2)18(24)16(23)11-13(3)19(25)21-17-15-8-6-5-7-14(15)9-10-22(4)20(17)26/h5-8,12-13,17-18,24H,9-11H2,1-4H3,(H,21,25)/t13-,17+,18+/m1/s1/i5D,6D,7D,8D,9D2,13D,18D. The molecule has 6 heteroatoms. The molecule has 0 unspecified atom stereocenters. The molecule has 1 aliphatic heterocycles. The lowest BCUT2D eigenvalue weighted by atomic mass is 9.94. The first-order valence-electron chi connectivity index (χ1n) is 12.2. The van der Waals surface area contributed by atoms with Crippen LogP contribution in [-0.2, 0) is 20.8 Å². The van der Waals surface area contributed by atoms with E-state index in [0.717, 1.165) is 11.8 Å². The summed E-state index contributed by atoms with van der Waals surface area (Å²) in [7, 11) is 1.24. The van der Waals surface area contributed by atoms with Crippen LogP contribution in [0.1, 0.15) is 55.3 Å². The third kappa shape index (κ3) is 4.49. The molecular weight excluding hydrogens is 332 g/mol. The van der Waals surface area contributed by atoms with Crippen LogP contribution in [0.3, 0.4) is 0 Å². The second-order valence-electron chi connectivity index (χ2n) is 6.49. The number of fused-ring (bicyclic) bond motifs is 1. The Balaban J connectivity index is 2.58. The first kappa shape index (κ1) is 11.5. The summed E-state index contributed by atoms with van der Waals surface area (Å²) in [6, 6.07) is -4.59. The van der Waals surface area contributed by atoms with Gasteiger partial charge in [0.05, 0.1) is 6.85 Å². The van der Waals surface area contributed by atoms with Gasteiger partial charge in [-0.1, -0.05) is 44.9 Å². The molecule has 0 aromatic heterocycles. The molecular formula is C20H28N2O4. The van der Waals surface area contributed by atoms with Crippen LogP contribution < -0.4 is 5.32 Å². The fraction of sp³-hybridized carbons (Fsp3) is 0.550. The van der Waals surface area contributed by atoms with Gasteiger partial charge in [0.15, 0.2) is 5.78 Å². The van der Waals surface area contributed by atoms with Gasteiger partial charge < -0.3 is 15.3 Å². The molecule has 2 amide bonds. The van der Waals surface area contributed by atoms with Crippen LogP contribution in [0, 0.1) is 11.8 Å². The van der Waals surface area contributed by atoms with Gasteiger partial charge in [-0.3, -0.25) is 14.4 Å². The molecule has 0 saturated heterocycles. The van der Waals surface area contributed by atoms with Crippen LogP contribution >= 0.6 is 0 Å². The van der Waals surface area contributed by atoms with Crippen LogP contribution in [0.2, 0.25) is 0 Å². The summed E-state index contributed by atoms with van der Waals surface area (Å²) in [4.78, 5) is 39.4. The number of carbonyl (C=O) groups excluding carboxylic acids is 3. The lowest BCUT2D eigenvalue weighted by Crippen LogP contribution is -2.43. The minimum atomic E-state index is -2.54. The van der Waals surface area contributed by atoms with Crippen molar-refractivity contribution in [1.29, 1.82) is 0 Å². The van der Waals surface area contributed by atoms with Crippen molar-refractivity contribution < 1.29 is 30.5 Å². The number of hydrogen-bond acceptors (Lipinski definition) is 4. The highest BCUT2D eigenvalue weighted by molar-refractivity contribution is 5.92. The summed E-state index contributed by atoms with van der Waals surface area (Å²) < 4.78 is 65.1. The van der Waals surface area contributed by atoms with E-state index < -0.39 is 96.2 Å². The average Bonchev–Trinajstić information content (AvgIpc) is 2.77. The monoisotopic (exact) mass is 368 g/mol. The Morgan fingerprint density at radius 2 is 2.08 bits per heavy atom. The third-order valence-electron chi connectivity index (χ3n) is 4.04. The van der Waals surface area contributed by atoms with E-state index in [4.69, 9.17) is 11.0 Å². The molecule has 3 atom stereocenters. The summed E-state index contributed by atoms with van der Waals surface area (Å²) in [5, 5.41) is 12.3. The first-order valence-corrected chi connectivity index (χ1v) is 8.19. The zero-order valence-corrected chi connectivity index (χ0v) is 15.2. The zero-order valence-electron chi connectivity index (χ0n) is 23.2. The molecule has 1 aromatic carbocycles. The minimum absolute atomic E-state index is 0.458. The number of likely N-dealkylation sites (N-methyl/N-ethyl adjacent to an activating group) is 1. The van der Waals surface area contributed by atoms with Crippen LogP contribution in [0.15, 0.2) is 24.2 Å². The lowest BCUT2D eigenvalue weighted by Gasteiger charge is -2.24. The predicted octanol–water partition coefficient (Wildman–Crippen LogP) is 1.47. The van der Waals surface area contributed by atoms with Gasteiger partial charge in [-0.25, -0.2) is 0 Å². The number of carbonyl (C=O) groups is 3. The van der Waals surface area contributed by atoms with Gasteiger partial charge in [0.25, 0.3) is 0 Å². The molecule has 0 fully saturated rings. The molecule has 26 heavy (non-hydrogen) atoms. The second-order valence-corrected chi connectivity index (χ2v) is 6.49. The average molecular weight is 369 g/mol. The number of aliphatic hydroxyl groups is 1. The van der Waals surface area contributed by atoms with Crippen molar-refractivity contribution in [3.8, 4) is 0 Å². The van der Waals surface area contributed by atoms with E-state index in [-0.39, 0.29) is 0 Å². The quantitative estimate of drug-likeness (QED) is 0.796. The molecule has 0 bridgehead atoms. The summed E-state index contributed by atoms with van der Waals surface area (Å²) >= 11 is 0. The highest BCUT2D eigenvalue weighted by Crippen LogP contribution is 2.25. The maximum atomic E-state index is 13.1. The maximum Gasteiger partial charge on any atom is 0.249 e. The molecule has 0 radical (unpaired) electrons. The normalized spacial score (nSPS) is 28.3. The topological polar surface area (TPSA) is 86.7 Å². The third-order valence-corrected chi connectivity index (χ3v) is 4.04. The van der Waals surface area contributed by atoms with Crippen LogP contribution in [0.4, 0.5) is 0 Å². The van der Waals surface area contributed by atoms with Crippen LogP contribution in [0.25, 0.3) is 0 Å². The van der Waals surface area contributed by atoms with E-state index in [1.54, 1.807) is 0 Å². The smallest absolute Gasteiger partial charge is 0.249 e. The largest absolute Gasteiger partial charge is 0.385 e. The minimum Gasteiger partial charge on any atom is -0.385 e. The fourth-order valence-corrected chi connectivity index (χ4v) is 2.42. The Kier molecular flexibility index (Phi) is 3.73. The van der Waals surface area contributed by atoms with Crippen molar-refractivity contribution in [3.05, 3.63) is 35.3 Å². The molecule has 6 nitrogen and oxygen atoms in total. The first-order chi connectivity index (χ1) is 15.3. The summed E-state index contributed by atoms with van der Waals surface area (Å²) in [6.45, 7) is 3.33. The van der Waals surface area contributed by atoms with Crippen molar-refractivity contribution >= 4 is 17.6 Å². The number of Topliss-reactive ketones (excluding diaryl/α,β-unsaturated/α-hetero) is 1. The lowest BCUT2D eigenvalue weighted by molar-refractivity contribution is -0.137. The second kappa shape index (κ2) is 8.45. The van der Waals surface area contributed by atoms with Gasteiger partial charge in [-0.05, 0) is 23.4 Å². The number of ketones is 1. The Bertz CT molecular complexity index is 1040.